The second kappa shape index (κ2) is 5.53. The molecule has 24 heavy (non-hydrogen) atoms. The van der Waals surface area contributed by atoms with Gasteiger partial charge in [-0.25, -0.2) is 0 Å². The van der Waals surface area contributed by atoms with Gasteiger partial charge in [0.05, 0.1) is 12.7 Å². The van der Waals surface area contributed by atoms with E-state index in [-0.39, 0.29) is 18.1 Å². The molecule has 0 bridgehead atoms. The Labute approximate surface area is 140 Å². The maximum Gasteiger partial charge on any atom is 0.239 e. The van der Waals surface area contributed by atoms with E-state index in [4.69, 9.17) is 4.74 Å². The highest BCUT2D eigenvalue weighted by molar-refractivity contribution is 6.09. The molecule has 2 aromatic rings. The summed E-state index contributed by atoms with van der Waals surface area (Å²) in [5.41, 5.74) is -0.376. The first-order valence-electron chi connectivity index (χ1n) is 7.79. The number of hydrogen-bond acceptors (Lipinski definition) is 4. The first-order valence-corrected chi connectivity index (χ1v) is 7.79. The first-order chi connectivity index (χ1) is 11.3. The largest absolute Gasteiger partial charge is 0.507 e. The summed E-state index contributed by atoms with van der Waals surface area (Å²) in [6.07, 6.45) is 0.142. The van der Waals surface area contributed by atoms with Gasteiger partial charge in [-0.2, -0.15) is 0 Å². The van der Waals surface area contributed by atoms with Crippen LogP contribution in [0.2, 0.25) is 0 Å². The number of phenolic OH excluding ortho intramolecular Hbond substituents is 1. The molecule has 126 valence electrons. The fraction of sp³-hybridized carbons (Fsp3) is 0.316. The van der Waals surface area contributed by atoms with Crippen LogP contribution >= 0.6 is 0 Å². The molecule has 0 saturated carbocycles. The average molecular weight is 327 g/mol. The van der Waals surface area contributed by atoms with Gasteiger partial charge in [0.15, 0.2) is 0 Å². The van der Waals surface area contributed by atoms with Crippen molar-refractivity contribution in [1.29, 1.82) is 0 Å². The van der Waals surface area contributed by atoms with Gasteiger partial charge in [-0.15, -0.1) is 0 Å². The molecule has 3 N–H and O–H groups in total. The van der Waals surface area contributed by atoms with E-state index in [9.17, 15) is 15.0 Å². The molecule has 0 aliphatic carbocycles. The zero-order valence-electron chi connectivity index (χ0n) is 14.0. The van der Waals surface area contributed by atoms with Crippen molar-refractivity contribution in [3.05, 3.63) is 53.6 Å². The highest BCUT2D eigenvalue weighted by Crippen LogP contribution is 2.50. The average Bonchev–Trinajstić information content (AvgIpc) is 2.78. The van der Waals surface area contributed by atoms with Gasteiger partial charge < -0.3 is 20.3 Å². The number of ether oxygens (including phenoxy) is 1. The van der Waals surface area contributed by atoms with Crippen LogP contribution in [0, 0.1) is 0 Å². The van der Waals surface area contributed by atoms with Crippen LogP contribution in [0.3, 0.4) is 0 Å². The van der Waals surface area contributed by atoms with Crippen molar-refractivity contribution >= 4 is 11.6 Å². The molecule has 1 aliphatic rings. The fourth-order valence-electron chi connectivity index (χ4n) is 3.50. The topological polar surface area (TPSA) is 78.8 Å². The number of rotatable bonds is 4. The van der Waals surface area contributed by atoms with Crippen molar-refractivity contribution in [3.8, 4) is 11.5 Å². The molecule has 0 fully saturated rings. The zero-order valence-corrected chi connectivity index (χ0v) is 14.0. The summed E-state index contributed by atoms with van der Waals surface area (Å²) in [6, 6.07) is 12.2. The van der Waals surface area contributed by atoms with Crippen LogP contribution in [0.1, 0.15) is 31.4 Å². The zero-order chi connectivity index (χ0) is 17.5. The summed E-state index contributed by atoms with van der Waals surface area (Å²) >= 11 is 0. The number of aliphatic hydroxyl groups is 1. The van der Waals surface area contributed by atoms with Gasteiger partial charge in [0.1, 0.15) is 16.9 Å². The van der Waals surface area contributed by atoms with Crippen LogP contribution in [0.4, 0.5) is 5.69 Å². The molecule has 0 radical (unpaired) electrons. The number of methoxy groups -OCH3 is 1. The lowest BCUT2D eigenvalue weighted by Crippen LogP contribution is -2.42. The fourth-order valence-corrected chi connectivity index (χ4v) is 3.50. The maximum atomic E-state index is 13.0. The molecule has 0 aromatic heterocycles. The van der Waals surface area contributed by atoms with E-state index < -0.39 is 11.0 Å². The van der Waals surface area contributed by atoms with Crippen molar-refractivity contribution in [3.63, 3.8) is 0 Å². The number of phenols is 1. The third-order valence-electron chi connectivity index (χ3n) is 4.39. The van der Waals surface area contributed by atoms with Crippen LogP contribution in [0.25, 0.3) is 0 Å². The minimum Gasteiger partial charge on any atom is -0.507 e. The van der Waals surface area contributed by atoms with E-state index in [2.05, 4.69) is 5.32 Å². The van der Waals surface area contributed by atoms with Crippen LogP contribution in [0.15, 0.2) is 42.5 Å². The second-order valence-electron chi connectivity index (χ2n) is 6.78. The quantitative estimate of drug-likeness (QED) is 0.807. The summed E-state index contributed by atoms with van der Waals surface area (Å²) in [6.45, 7) is 3.31. The van der Waals surface area contributed by atoms with Crippen molar-refractivity contribution in [2.75, 3.05) is 12.4 Å². The van der Waals surface area contributed by atoms with E-state index in [0.29, 0.717) is 17.0 Å². The number of carbonyl (C=O) groups excluding carboxylic acids is 1. The lowest BCUT2D eigenvalue weighted by Gasteiger charge is -2.34. The third kappa shape index (κ3) is 2.51. The number of hydrogen-bond donors (Lipinski definition) is 3. The molecule has 0 saturated heterocycles. The Morgan fingerprint density at radius 2 is 1.88 bits per heavy atom. The number of carbonyl (C=O) groups is 1. The van der Waals surface area contributed by atoms with Gasteiger partial charge in [0, 0.05) is 17.3 Å². The standard InChI is InChI=1S/C19H21NO4/c1-18(2,23)11-19(14-9-8-12(24-3)10-16(14)21)13-6-4-5-7-15(13)20-17(19)22/h4-10,21,23H,11H2,1-3H3,(H,20,22). The molecule has 1 aliphatic heterocycles. The van der Waals surface area contributed by atoms with E-state index >= 15 is 0 Å². The number of nitrogens with one attached hydrogen (secondary N) is 1. The number of fused-ring (bicyclic) bond motifs is 1. The number of amides is 1. The molecule has 1 heterocycles. The van der Waals surface area contributed by atoms with E-state index in [0.717, 1.165) is 5.56 Å². The van der Waals surface area contributed by atoms with Crippen molar-refractivity contribution in [1.82, 2.24) is 0 Å². The molecule has 0 spiro atoms. The predicted molar refractivity (Wildman–Crippen MR) is 91.4 cm³/mol. The Morgan fingerprint density at radius 3 is 2.50 bits per heavy atom. The summed E-state index contributed by atoms with van der Waals surface area (Å²) in [5, 5.41) is 23.9. The number of para-hydroxylation sites is 1. The number of anilines is 1. The third-order valence-corrected chi connectivity index (χ3v) is 4.39. The number of benzene rings is 2. The van der Waals surface area contributed by atoms with Gasteiger partial charge in [0.25, 0.3) is 0 Å². The van der Waals surface area contributed by atoms with Gasteiger partial charge in [-0.05, 0) is 38.0 Å². The molecule has 1 unspecified atom stereocenters. The smallest absolute Gasteiger partial charge is 0.239 e. The van der Waals surface area contributed by atoms with E-state index in [1.807, 2.05) is 24.3 Å². The van der Waals surface area contributed by atoms with Gasteiger partial charge >= 0.3 is 0 Å². The summed E-state index contributed by atoms with van der Waals surface area (Å²) in [5.74, 6) is 0.207. The summed E-state index contributed by atoms with van der Waals surface area (Å²) in [4.78, 5) is 13.0. The molecule has 5 nitrogen and oxygen atoms in total. The minimum atomic E-state index is -1.16. The van der Waals surface area contributed by atoms with E-state index in [1.165, 1.54) is 13.2 Å². The lowest BCUT2D eigenvalue weighted by atomic mass is 9.69. The molecule has 1 atom stereocenters. The molecule has 1 amide bonds. The number of aromatic hydroxyl groups is 1. The van der Waals surface area contributed by atoms with Crippen LogP contribution in [-0.2, 0) is 10.2 Å². The second-order valence-corrected chi connectivity index (χ2v) is 6.78. The van der Waals surface area contributed by atoms with Gasteiger partial charge in [0.2, 0.25) is 5.91 Å². The van der Waals surface area contributed by atoms with Crippen molar-refractivity contribution < 1.29 is 19.7 Å². The Hall–Kier alpha value is -2.53. The maximum absolute atomic E-state index is 13.0. The van der Waals surface area contributed by atoms with Crippen LogP contribution in [-0.4, -0.2) is 28.8 Å². The van der Waals surface area contributed by atoms with Gasteiger partial charge in [-0.3, -0.25) is 4.79 Å². The van der Waals surface area contributed by atoms with E-state index in [1.54, 1.807) is 26.0 Å². The van der Waals surface area contributed by atoms with Crippen LogP contribution < -0.4 is 10.1 Å². The Bertz CT molecular complexity index is 794. The van der Waals surface area contributed by atoms with Crippen LogP contribution in [0.5, 0.6) is 11.5 Å². The van der Waals surface area contributed by atoms with Gasteiger partial charge in [-0.1, -0.05) is 24.3 Å². The molecular weight excluding hydrogens is 306 g/mol. The highest BCUT2D eigenvalue weighted by atomic mass is 16.5. The predicted octanol–water partition coefficient (Wildman–Crippen LogP) is 2.80. The lowest BCUT2D eigenvalue weighted by molar-refractivity contribution is -0.121. The molecular formula is C19H21NO4. The molecule has 2 aromatic carbocycles. The molecule has 5 heteroatoms. The molecule has 3 rings (SSSR count). The first kappa shape index (κ1) is 16.3. The Kier molecular flexibility index (Phi) is 3.76. The minimum absolute atomic E-state index is 0.0366. The highest BCUT2D eigenvalue weighted by Gasteiger charge is 2.51. The monoisotopic (exact) mass is 327 g/mol. The summed E-state index contributed by atoms with van der Waals surface area (Å²) in [7, 11) is 1.51. The summed E-state index contributed by atoms with van der Waals surface area (Å²) < 4.78 is 5.13. The Balaban J connectivity index is 2.27. The van der Waals surface area contributed by atoms with Crippen molar-refractivity contribution in [2.24, 2.45) is 0 Å². The SMILES string of the molecule is COc1ccc(C2(CC(C)(C)O)C(=O)Nc3ccccc32)c(O)c1. The normalized spacial score (nSPS) is 19.8. The van der Waals surface area contributed by atoms with Crippen molar-refractivity contribution in [2.45, 2.75) is 31.3 Å². The Morgan fingerprint density at radius 1 is 1.17 bits per heavy atom.